The SMILES string of the molecule is Fc1cc(-c2ccccc2)cc(-c2ccccc2)c1. The summed E-state index contributed by atoms with van der Waals surface area (Å²) in [5.74, 6) is -0.208. The lowest BCUT2D eigenvalue weighted by atomic mass is 9.99. The van der Waals surface area contributed by atoms with Gasteiger partial charge in [0.1, 0.15) is 5.82 Å². The van der Waals surface area contributed by atoms with Crippen molar-refractivity contribution >= 4 is 0 Å². The summed E-state index contributed by atoms with van der Waals surface area (Å²) in [5.41, 5.74) is 3.86. The lowest BCUT2D eigenvalue weighted by Crippen LogP contribution is -1.84. The number of rotatable bonds is 2. The van der Waals surface area contributed by atoms with Gasteiger partial charge in [0.15, 0.2) is 0 Å². The third-order valence-electron chi connectivity index (χ3n) is 3.11. The van der Waals surface area contributed by atoms with Gasteiger partial charge in [-0.2, -0.15) is 0 Å². The standard InChI is InChI=1S/C18H13F/c19-18-12-16(14-7-3-1-4-8-14)11-17(13-18)15-9-5-2-6-10-15/h1-13H. The second-order valence-electron chi connectivity index (χ2n) is 4.46. The van der Waals surface area contributed by atoms with Gasteiger partial charge in [0, 0.05) is 0 Å². The fraction of sp³-hybridized carbons (Fsp3) is 0. The molecule has 0 unspecified atom stereocenters. The van der Waals surface area contributed by atoms with E-state index in [-0.39, 0.29) is 5.82 Å². The van der Waals surface area contributed by atoms with Gasteiger partial charge in [-0.05, 0) is 40.5 Å². The van der Waals surface area contributed by atoms with E-state index >= 15 is 0 Å². The number of halogens is 1. The highest BCUT2D eigenvalue weighted by atomic mass is 19.1. The molecule has 0 heterocycles. The zero-order chi connectivity index (χ0) is 13.1. The highest BCUT2D eigenvalue weighted by molar-refractivity contribution is 5.73. The molecule has 0 aliphatic rings. The molecule has 0 N–H and O–H groups in total. The van der Waals surface area contributed by atoms with Crippen LogP contribution in [0.2, 0.25) is 0 Å². The highest BCUT2D eigenvalue weighted by Crippen LogP contribution is 2.27. The third kappa shape index (κ3) is 2.55. The van der Waals surface area contributed by atoms with Crippen molar-refractivity contribution in [3.8, 4) is 22.3 Å². The van der Waals surface area contributed by atoms with E-state index < -0.39 is 0 Å². The van der Waals surface area contributed by atoms with Crippen LogP contribution in [0.1, 0.15) is 0 Å². The monoisotopic (exact) mass is 248 g/mol. The minimum atomic E-state index is -0.208. The zero-order valence-electron chi connectivity index (χ0n) is 10.4. The molecule has 0 aromatic heterocycles. The predicted octanol–water partition coefficient (Wildman–Crippen LogP) is 5.16. The van der Waals surface area contributed by atoms with Crippen LogP contribution in [-0.2, 0) is 0 Å². The van der Waals surface area contributed by atoms with Gasteiger partial charge in [-0.25, -0.2) is 4.39 Å². The molecule has 0 fully saturated rings. The average molecular weight is 248 g/mol. The molecule has 3 aromatic carbocycles. The molecule has 0 atom stereocenters. The molecular weight excluding hydrogens is 235 g/mol. The molecule has 3 rings (SSSR count). The van der Waals surface area contributed by atoms with Gasteiger partial charge in [-0.15, -0.1) is 0 Å². The normalized spacial score (nSPS) is 10.4. The van der Waals surface area contributed by atoms with Crippen molar-refractivity contribution in [3.05, 3.63) is 84.7 Å². The van der Waals surface area contributed by atoms with Crippen molar-refractivity contribution in [2.24, 2.45) is 0 Å². The first-order valence-corrected chi connectivity index (χ1v) is 6.24. The Morgan fingerprint density at radius 2 is 0.895 bits per heavy atom. The number of hydrogen-bond donors (Lipinski definition) is 0. The lowest BCUT2D eigenvalue weighted by molar-refractivity contribution is 0.629. The van der Waals surface area contributed by atoms with Crippen LogP contribution in [0.25, 0.3) is 22.3 Å². The summed E-state index contributed by atoms with van der Waals surface area (Å²) in [6, 6.07) is 24.9. The van der Waals surface area contributed by atoms with Crippen molar-refractivity contribution in [3.63, 3.8) is 0 Å². The molecule has 3 aromatic rings. The van der Waals surface area contributed by atoms with Crippen molar-refractivity contribution < 1.29 is 4.39 Å². The first-order valence-electron chi connectivity index (χ1n) is 6.24. The first-order chi connectivity index (χ1) is 9.33. The van der Waals surface area contributed by atoms with Crippen molar-refractivity contribution in [1.29, 1.82) is 0 Å². The molecule has 0 aliphatic heterocycles. The molecule has 0 saturated heterocycles. The molecule has 0 radical (unpaired) electrons. The van der Waals surface area contributed by atoms with Gasteiger partial charge in [0.25, 0.3) is 0 Å². The Balaban J connectivity index is 2.12. The summed E-state index contributed by atoms with van der Waals surface area (Å²) >= 11 is 0. The van der Waals surface area contributed by atoms with Crippen LogP contribution >= 0.6 is 0 Å². The Bertz CT molecular complexity index is 615. The van der Waals surface area contributed by atoms with Gasteiger partial charge in [-0.3, -0.25) is 0 Å². The van der Waals surface area contributed by atoms with Gasteiger partial charge < -0.3 is 0 Å². The summed E-state index contributed by atoms with van der Waals surface area (Å²) in [7, 11) is 0. The van der Waals surface area contributed by atoms with Crippen LogP contribution in [0.3, 0.4) is 0 Å². The summed E-state index contributed by atoms with van der Waals surface area (Å²) in [5, 5.41) is 0. The van der Waals surface area contributed by atoms with E-state index in [0.717, 1.165) is 22.3 Å². The fourth-order valence-corrected chi connectivity index (χ4v) is 2.18. The van der Waals surface area contributed by atoms with Gasteiger partial charge >= 0.3 is 0 Å². The molecule has 0 spiro atoms. The minimum Gasteiger partial charge on any atom is -0.207 e. The maximum absolute atomic E-state index is 13.8. The largest absolute Gasteiger partial charge is 0.207 e. The summed E-state index contributed by atoms with van der Waals surface area (Å²) in [6.07, 6.45) is 0. The van der Waals surface area contributed by atoms with Crippen molar-refractivity contribution in [1.82, 2.24) is 0 Å². The first kappa shape index (κ1) is 11.7. The molecule has 1 heteroatoms. The maximum atomic E-state index is 13.8. The molecule has 0 nitrogen and oxygen atoms in total. The van der Waals surface area contributed by atoms with Crippen LogP contribution in [0.4, 0.5) is 4.39 Å². The molecule has 0 aliphatic carbocycles. The third-order valence-corrected chi connectivity index (χ3v) is 3.11. The average Bonchev–Trinajstić information content (AvgIpc) is 2.48. The Morgan fingerprint density at radius 1 is 0.474 bits per heavy atom. The second kappa shape index (κ2) is 5.07. The number of hydrogen-bond acceptors (Lipinski definition) is 0. The smallest absolute Gasteiger partial charge is 0.124 e. The van der Waals surface area contributed by atoms with Crippen molar-refractivity contribution in [2.45, 2.75) is 0 Å². The van der Waals surface area contributed by atoms with Gasteiger partial charge in [0.2, 0.25) is 0 Å². The topological polar surface area (TPSA) is 0 Å². The van der Waals surface area contributed by atoms with E-state index in [9.17, 15) is 4.39 Å². The zero-order valence-corrected chi connectivity index (χ0v) is 10.4. The second-order valence-corrected chi connectivity index (χ2v) is 4.46. The number of benzene rings is 3. The molecule has 92 valence electrons. The van der Waals surface area contributed by atoms with Crippen molar-refractivity contribution in [2.75, 3.05) is 0 Å². The highest BCUT2D eigenvalue weighted by Gasteiger charge is 2.04. The Morgan fingerprint density at radius 3 is 1.32 bits per heavy atom. The van der Waals surface area contributed by atoms with E-state index in [1.165, 1.54) is 0 Å². The van der Waals surface area contributed by atoms with Crippen LogP contribution in [0.15, 0.2) is 78.9 Å². The van der Waals surface area contributed by atoms with E-state index in [0.29, 0.717) is 0 Å². The van der Waals surface area contributed by atoms with Crippen LogP contribution in [-0.4, -0.2) is 0 Å². The molecular formula is C18H13F. The molecule has 19 heavy (non-hydrogen) atoms. The summed E-state index contributed by atoms with van der Waals surface area (Å²) in [6.45, 7) is 0. The maximum Gasteiger partial charge on any atom is 0.124 e. The Hall–Kier alpha value is -2.41. The van der Waals surface area contributed by atoms with Crippen LogP contribution < -0.4 is 0 Å². The van der Waals surface area contributed by atoms with Gasteiger partial charge in [-0.1, -0.05) is 60.7 Å². The Kier molecular flexibility index (Phi) is 3.11. The summed E-state index contributed by atoms with van der Waals surface area (Å²) in [4.78, 5) is 0. The predicted molar refractivity (Wildman–Crippen MR) is 77.3 cm³/mol. The van der Waals surface area contributed by atoms with E-state index in [4.69, 9.17) is 0 Å². The van der Waals surface area contributed by atoms with E-state index in [2.05, 4.69) is 0 Å². The van der Waals surface area contributed by atoms with Crippen LogP contribution in [0.5, 0.6) is 0 Å². The molecule has 0 saturated carbocycles. The minimum absolute atomic E-state index is 0.208. The quantitative estimate of drug-likeness (QED) is 0.587. The molecule has 0 bridgehead atoms. The Labute approximate surface area is 112 Å². The van der Waals surface area contributed by atoms with Gasteiger partial charge in [0.05, 0.1) is 0 Å². The van der Waals surface area contributed by atoms with E-state index in [1.807, 2.05) is 66.7 Å². The van der Waals surface area contributed by atoms with Crippen LogP contribution in [0, 0.1) is 5.82 Å². The fourth-order valence-electron chi connectivity index (χ4n) is 2.18. The van der Waals surface area contributed by atoms with E-state index in [1.54, 1.807) is 12.1 Å². The summed E-state index contributed by atoms with van der Waals surface area (Å²) < 4.78 is 13.8. The lowest BCUT2D eigenvalue weighted by Gasteiger charge is -2.07. The molecule has 0 amide bonds.